The van der Waals surface area contributed by atoms with Crippen LogP contribution < -0.4 is 0 Å². The van der Waals surface area contributed by atoms with Crippen LogP contribution >= 0.6 is 0 Å². The Kier molecular flexibility index (Phi) is 4.73. The Labute approximate surface area is 149 Å². The molecule has 1 aromatic carbocycles. The summed E-state index contributed by atoms with van der Waals surface area (Å²) >= 11 is 0. The molecular weight excluding hydrogens is 342 g/mol. The minimum atomic E-state index is -1.19. The number of non-ortho nitro benzene ring substituents is 1. The molecule has 3 rings (SSSR count). The second kappa shape index (κ2) is 6.83. The minimum Gasteiger partial charge on any atom is -0.459 e. The van der Waals surface area contributed by atoms with Gasteiger partial charge in [-0.05, 0) is 31.3 Å². The summed E-state index contributed by atoms with van der Waals surface area (Å²) in [5, 5.41) is 10.6. The summed E-state index contributed by atoms with van der Waals surface area (Å²) in [6, 6.07) is 3.74. The number of hydrogen-bond acceptors (Lipinski definition) is 7. The molecule has 138 valence electrons. The molecule has 9 heteroatoms. The molecule has 0 N–H and O–H groups in total. The monoisotopic (exact) mass is 361 g/mol. The highest BCUT2D eigenvalue weighted by atomic mass is 16.6. The molecule has 0 bridgehead atoms. The average molecular weight is 361 g/mol. The first kappa shape index (κ1) is 18.0. The first-order valence-electron chi connectivity index (χ1n) is 8.30. The van der Waals surface area contributed by atoms with Gasteiger partial charge in [0.1, 0.15) is 12.6 Å². The van der Waals surface area contributed by atoms with Gasteiger partial charge in [0.25, 0.3) is 5.69 Å². The van der Waals surface area contributed by atoms with Crippen molar-refractivity contribution >= 4 is 23.3 Å². The molecule has 0 spiro atoms. The molecule has 0 aliphatic carbocycles. The fraction of sp³-hybridized carbons (Fsp3) is 0.471. The Hall–Kier alpha value is -2.81. The van der Waals surface area contributed by atoms with E-state index in [1.165, 1.54) is 29.2 Å². The quantitative estimate of drug-likeness (QED) is 0.239. The van der Waals surface area contributed by atoms with E-state index in [9.17, 15) is 24.5 Å². The number of nitro benzene ring substituents is 1. The zero-order valence-corrected chi connectivity index (χ0v) is 14.5. The van der Waals surface area contributed by atoms with E-state index in [4.69, 9.17) is 4.74 Å². The zero-order chi connectivity index (χ0) is 19.0. The fourth-order valence-electron chi connectivity index (χ4n) is 3.42. The number of Topliss-reactive ketones (excluding diaryl/α,β-unsaturated/α-hetero) is 1. The van der Waals surface area contributed by atoms with E-state index < -0.39 is 16.9 Å². The molecule has 2 aliphatic heterocycles. The summed E-state index contributed by atoms with van der Waals surface area (Å²) < 4.78 is 5.17. The summed E-state index contributed by atoms with van der Waals surface area (Å²) in [5.41, 5.74) is 0.496. The van der Waals surface area contributed by atoms with Gasteiger partial charge in [0.2, 0.25) is 5.91 Å². The molecule has 0 saturated carbocycles. The topological polar surface area (TPSA) is 110 Å². The summed E-state index contributed by atoms with van der Waals surface area (Å²) in [6.07, 6.45) is 0.151. The van der Waals surface area contributed by atoms with Crippen LogP contribution in [0.25, 0.3) is 0 Å². The van der Waals surface area contributed by atoms with Crippen LogP contribution in [0.5, 0.6) is 0 Å². The number of benzene rings is 1. The van der Waals surface area contributed by atoms with Gasteiger partial charge < -0.3 is 9.64 Å². The number of likely N-dealkylation sites (N-methyl/N-ethyl adjacent to an activating group) is 1. The lowest BCUT2D eigenvalue weighted by molar-refractivity contribution is -0.384. The van der Waals surface area contributed by atoms with Crippen molar-refractivity contribution in [1.82, 2.24) is 9.80 Å². The number of nitrogens with zero attached hydrogens (tertiary/aromatic N) is 3. The minimum absolute atomic E-state index is 0.0637. The van der Waals surface area contributed by atoms with Crippen molar-refractivity contribution in [3.8, 4) is 0 Å². The van der Waals surface area contributed by atoms with Crippen LogP contribution in [0, 0.1) is 10.1 Å². The molecule has 1 aromatic rings. The lowest BCUT2D eigenvalue weighted by Gasteiger charge is -2.47. The zero-order valence-electron chi connectivity index (χ0n) is 14.5. The van der Waals surface area contributed by atoms with Crippen LogP contribution in [0.15, 0.2) is 24.3 Å². The first-order chi connectivity index (χ1) is 12.3. The highest BCUT2D eigenvalue weighted by Gasteiger charge is 2.61. The van der Waals surface area contributed by atoms with Crippen LogP contribution in [-0.4, -0.2) is 64.1 Å². The van der Waals surface area contributed by atoms with Gasteiger partial charge in [0.05, 0.1) is 11.0 Å². The number of carbonyl (C=O) groups excluding carboxylic acids is 3. The molecule has 2 heterocycles. The average Bonchev–Trinajstić information content (AvgIpc) is 2.92. The largest absolute Gasteiger partial charge is 0.459 e. The number of rotatable bonds is 6. The number of esters is 1. The SMILES string of the molecule is CCN(C)C1C(=O)N2C(C(=O)OCc3ccc([N+](=O)[O-])cc3)C(=O)CC12. The van der Waals surface area contributed by atoms with Crippen molar-refractivity contribution in [1.29, 1.82) is 0 Å². The van der Waals surface area contributed by atoms with Crippen LogP contribution in [0.3, 0.4) is 0 Å². The van der Waals surface area contributed by atoms with Gasteiger partial charge in [0, 0.05) is 18.6 Å². The van der Waals surface area contributed by atoms with Crippen molar-refractivity contribution in [3.05, 3.63) is 39.9 Å². The van der Waals surface area contributed by atoms with Crippen molar-refractivity contribution in [3.63, 3.8) is 0 Å². The lowest BCUT2D eigenvalue weighted by Crippen LogP contribution is -2.70. The van der Waals surface area contributed by atoms with Crippen molar-refractivity contribution < 1.29 is 24.0 Å². The third kappa shape index (κ3) is 2.94. The predicted octanol–water partition coefficient (Wildman–Crippen LogP) is 0.510. The van der Waals surface area contributed by atoms with E-state index in [2.05, 4.69) is 0 Å². The highest BCUT2D eigenvalue weighted by Crippen LogP contribution is 2.36. The molecule has 3 unspecified atom stereocenters. The molecule has 3 atom stereocenters. The van der Waals surface area contributed by atoms with Gasteiger partial charge in [0.15, 0.2) is 11.8 Å². The maximum atomic E-state index is 12.3. The van der Waals surface area contributed by atoms with Gasteiger partial charge in [-0.1, -0.05) is 6.92 Å². The van der Waals surface area contributed by atoms with Gasteiger partial charge >= 0.3 is 5.97 Å². The van der Waals surface area contributed by atoms with Crippen LogP contribution in [-0.2, 0) is 25.7 Å². The molecule has 9 nitrogen and oxygen atoms in total. The van der Waals surface area contributed by atoms with Crippen molar-refractivity contribution in [2.75, 3.05) is 13.6 Å². The lowest BCUT2D eigenvalue weighted by atomic mass is 9.94. The van der Waals surface area contributed by atoms with Crippen LogP contribution in [0.2, 0.25) is 0 Å². The number of carbonyl (C=O) groups is 3. The second-order valence-electron chi connectivity index (χ2n) is 6.44. The third-order valence-corrected chi connectivity index (χ3v) is 4.95. The molecule has 0 aromatic heterocycles. The van der Waals surface area contributed by atoms with Crippen LogP contribution in [0.4, 0.5) is 5.69 Å². The van der Waals surface area contributed by atoms with E-state index in [0.29, 0.717) is 12.1 Å². The van der Waals surface area contributed by atoms with E-state index in [1.807, 2.05) is 18.9 Å². The third-order valence-electron chi connectivity index (χ3n) is 4.95. The molecule has 2 saturated heterocycles. The van der Waals surface area contributed by atoms with Crippen molar-refractivity contribution in [2.45, 2.75) is 38.1 Å². The van der Waals surface area contributed by atoms with E-state index in [0.717, 1.165) is 0 Å². The number of ketones is 1. The Morgan fingerprint density at radius 2 is 2.00 bits per heavy atom. The molecule has 1 amide bonds. The smallest absolute Gasteiger partial charge is 0.337 e. The van der Waals surface area contributed by atoms with E-state index >= 15 is 0 Å². The molecule has 26 heavy (non-hydrogen) atoms. The Morgan fingerprint density at radius 1 is 1.35 bits per heavy atom. The predicted molar refractivity (Wildman–Crippen MR) is 89.0 cm³/mol. The Balaban J connectivity index is 1.62. The van der Waals surface area contributed by atoms with Crippen LogP contribution in [0.1, 0.15) is 18.9 Å². The number of ether oxygens (including phenoxy) is 1. The van der Waals surface area contributed by atoms with Gasteiger partial charge in [-0.15, -0.1) is 0 Å². The molecule has 2 aliphatic rings. The fourth-order valence-corrected chi connectivity index (χ4v) is 3.42. The van der Waals surface area contributed by atoms with Gasteiger partial charge in [-0.3, -0.25) is 24.6 Å². The first-order valence-corrected chi connectivity index (χ1v) is 8.30. The number of fused-ring (bicyclic) bond motifs is 1. The summed E-state index contributed by atoms with van der Waals surface area (Å²) in [7, 11) is 1.81. The number of amides is 1. The van der Waals surface area contributed by atoms with Gasteiger partial charge in [-0.2, -0.15) is 0 Å². The number of β-lactam (4-membered cyclic amide) rings is 1. The number of hydrogen-bond donors (Lipinski definition) is 0. The number of nitro groups is 1. The standard InChI is InChI=1S/C17H19N3O6/c1-3-18(2)14-12-8-13(21)15(19(12)16(14)22)17(23)26-9-10-4-6-11(7-5-10)20(24)25/h4-7,12,14-15H,3,8-9H2,1-2H3. The Morgan fingerprint density at radius 3 is 2.58 bits per heavy atom. The second-order valence-corrected chi connectivity index (χ2v) is 6.44. The maximum Gasteiger partial charge on any atom is 0.337 e. The normalized spacial score (nSPS) is 24.4. The Bertz CT molecular complexity index is 762. The summed E-state index contributed by atoms with van der Waals surface area (Å²) in [6.45, 7) is 2.47. The van der Waals surface area contributed by atoms with Gasteiger partial charge in [-0.25, -0.2) is 4.79 Å². The molecule has 2 fully saturated rings. The van der Waals surface area contributed by atoms with E-state index in [1.54, 1.807) is 0 Å². The van der Waals surface area contributed by atoms with Crippen molar-refractivity contribution in [2.24, 2.45) is 0 Å². The molecule has 0 radical (unpaired) electrons. The highest BCUT2D eigenvalue weighted by molar-refractivity contribution is 6.12. The summed E-state index contributed by atoms with van der Waals surface area (Å²) in [5.74, 6) is -1.31. The maximum absolute atomic E-state index is 12.3. The molecular formula is C17H19N3O6. The van der Waals surface area contributed by atoms with E-state index in [-0.39, 0.29) is 42.5 Å². The summed E-state index contributed by atoms with van der Waals surface area (Å²) in [4.78, 5) is 50.2.